The van der Waals surface area contributed by atoms with Gasteiger partial charge in [0.25, 0.3) is 0 Å². The fraction of sp³-hybridized carbons (Fsp3) is 0.391. The van der Waals surface area contributed by atoms with Crippen molar-refractivity contribution < 1.29 is 4.39 Å². The zero-order valence-corrected chi connectivity index (χ0v) is 18.7. The first-order valence-corrected chi connectivity index (χ1v) is 11.7. The summed E-state index contributed by atoms with van der Waals surface area (Å²) in [5, 5.41) is 18.6. The van der Waals surface area contributed by atoms with Gasteiger partial charge in [0, 0.05) is 30.7 Å². The number of hydrogen-bond acceptors (Lipinski definition) is 7. The van der Waals surface area contributed by atoms with Crippen molar-refractivity contribution in [2.24, 2.45) is 0 Å². The van der Waals surface area contributed by atoms with Gasteiger partial charge in [-0.25, -0.2) is 18.9 Å². The van der Waals surface area contributed by atoms with Gasteiger partial charge in [-0.2, -0.15) is 10.4 Å². The molecule has 2 aliphatic rings. The maximum absolute atomic E-state index is 15.1. The molecule has 162 valence electrons. The predicted molar refractivity (Wildman–Crippen MR) is 122 cm³/mol. The lowest BCUT2D eigenvalue weighted by Gasteiger charge is -2.35. The van der Waals surface area contributed by atoms with Crippen LogP contribution in [0.5, 0.6) is 0 Å². The minimum atomic E-state index is -0.374. The largest absolute Gasteiger partial charge is 0.348 e. The highest BCUT2D eigenvalue weighted by atomic mass is 32.1. The van der Waals surface area contributed by atoms with Gasteiger partial charge in [-0.3, -0.25) is 0 Å². The molecule has 0 saturated carbocycles. The molecule has 1 aromatic carbocycles. The van der Waals surface area contributed by atoms with E-state index in [1.807, 2.05) is 13.0 Å². The summed E-state index contributed by atoms with van der Waals surface area (Å²) in [6, 6.07) is 8.80. The van der Waals surface area contributed by atoms with E-state index in [0.717, 1.165) is 28.4 Å². The summed E-state index contributed by atoms with van der Waals surface area (Å²) in [5.41, 5.74) is 3.23. The van der Waals surface area contributed by atoms with E-state index in [-0.39, 0.29) is 5.82 Å². The van der Waals surface area contributed by atoms with E-state index in [0.29, 0.717) is 46.1 Å². The molecule has 3 aromatic heterocycles. The Morgan fingerprint density at radius 2 is 2.00 bits per heavy atom. The average molecular weight is 448 g/mol. The van der Waals surface area contributed by atoms with Crippen molar-refractivity contribution in [3.05, 3.63) is 41.5 Å². The van der Waals surface area contributed by atoms with Gasteiger partial charge in [-0.1, -0.05) is 11.3 Å². The van der Waals surface area contributed by atoms with Crippen molar-refractivity contribution in [2.45, 2.75) is 50.7 Å². The van der Waals surface area contributed by atoms with E-state index in [1.54, 1.807) is 16.8 Å². The lowest BCUT2D eigenvalue weighted by atomic mass is 9.99. The standard InChI is InChI=1S/C23H22FN7S/c1-12-11-31-22(26-12)14(10-25)6-19(29-31)13-5-18(24)21-20(7-13)32-23(28-21)30(2)17-8-15-3-4-16(9-17)27-15/h5-7,11,15-17,27H,3-4,8-9H2,1-2H3. The maximum atomic E-state index is 15.1. The highest BCUT2D eigenvalue weighted by Gasteiger charge is 2.36. The molecule has 0 spiro atoms. The molecule has 9 heteroatoms. The summed E-state index contributed by atoms with van der Waals surface area (Å²) in [6.45, 7) is 1.85. The number of imidazole rings is 1. The topological polar surface area (TPSA) is 82.1 Å². The lowest BCUT2D eigenvalue weighted by molar-refractivity contribution is 0.354. The second-order valence-corrected chi connectivity index (χ2v) is 9.89. The summed E-state index contributed by atoms with van der Waals surface area (Å²) in [6.07, 6.45) is 6.45. The van der Waals surface area contributed by atoms with Crippen LogP contribution in [0.15, 0.2) is 24.4 Å². The Morgan fingerprint density at radius 3 is 2.75 bits per heavy atom. The number of piperidine rings is 1. The molecule has 0 aliphatic carbocycles. The number of anilines is 1. The van der Waals surface area contributed by atoms with E-state index >= 15 is 4.39 Å². The predicted octanol–water partition coefficient (Wildman–Crippen LogP) is 4.04. The average Bonchev–Trinajstić information content (AvgIpc) is 3.47. The number of aryl methyl sites for hydroxylation is 1. The van der Waals surface area contributed by atoms with Crippen molar-refractivity contribution >= 4 is 32.3 Å². The molecule has 32 heavy (non-hydrogen) atoms. The molecule has 7 nitrogen and oxygen atoms in total. The Bertz CT molecular complexity index is 1390. The van der Waals surface area contributed by atoms with Crippen LogP contribution in [0.25, 0.3) is 27.1 Å². The zero-order chi connectivity index (χ0) is 22.0. The van der Waals surface area contributed by atoms with Crippen LogP contribution in [0.1, 0.15) is 36.9 Å². The Hall–Kier alpha value is -3.09. The molecule has 6 rings (SSSR count). The number of benzene rings is 1. The number of aromatic nitrogens is 4. The second kappa shape index (κ2) is 7.22. The molecule has 5 heterocycles. The summed E-state index contributed by atoms with van der Waals surface area (Å²) in [5.74, 6) is -0.374. The number of thiazole rings is 1. The van der Waals surface area contributed by atoms with E-state index in [9.17, 15) is 5.26 Å². The molecule has 1 N–H and O–H groups in total. The molecule has 2 saturated heterocycles. The van der Waals surface area contributed by atoms with Crippen molar-refractivity contribution in [3.8, 4) is 17.3 Å². The first-order chi connectivity index (χ1) is 15.5. The van der Waals surface area contributed by atoms with Gasteiger partial charge in [0.1, 0.15) is 11.6 Å². The van der Waals surface area contributed by atoms with Crippen LogP contribution in [-0.2, 0) is 0 Å². The quantitative estimate of drug-likeness (QED) is 0.510. The molecule has 2 unspecified atom stereocenters. The van der Waals surface area contributed by atoms with E-state index in [4.69, 9.17) is 0 Å². The van der Waals surface area contributed by atoms with Gasteiger partial charge < -0.3 is 10.2 Å². The fourth-order valence-electron chi connectivity index (χ4n) is 5.09. The monoisotopic (exact) mass is 447 g/mol. The summed E-state index contributed by atoms with van der Waals surface area (Å²) in [7, 11) is 2.07. The maximum Gasteiger partial charge on any atom is 0.186 e. The number of nitrogens with one attached hydrogen (secondary N) is 1. The highest BCUT2D eigenvalue weighted by Crippen LogP contribution is 2.37. The van der Waals surface area contributed by atoms with Gasteiger partial charge >= 0.3 is 0 Å². The summed E-state index contributed by atoms with van der Waals surface area (Å²) >= 11 is 1.51. The highest BCUT2D eigenvalue weighted by molar-refractivity contribution is 7.22. The van der Waals surface area contributed by atoms with Crippen LogP contribution >= 0.6 is 11.3 Å². The van der Waals surface area contributed by atoms with Crippen LogP contribution in [0.3, 0.4) is 0 Å². The molecule has 0 radical (unpaired) electrons. The number of fused-ring (bicyclic) bond motifs is 4. The Labute approximate surface area is 188 Å². The SMILES string of the molecule is Cc1cn2nc(-c3cc(F)c4nc(N(C)C5CC6CCC(C5)N6)sc4c3)cc(C#N)c2n1. The molecule has 2 atom stereocenters. The second-order valence-electron chi connectivity index (χ2n) is 8.88. The van der Waals surface area contributed by atoms with Gasteiger partial charge in [-0.15, -0.1) is 0 Å². The third kappa shape index (κ3) is 3.14. The van der Waals surface area contributed by atoms with E-state index in [2.05, 4.69) is 38.4 Å². The number of nitrogens with zero attached hydrogens (tertiary/aromatic N) is 6. The first-order valence-electron chi connectivity index (χ1n) is 10.8. The van der Waals surface area contributed by atoms with Crippen molar-refractivity contribution in [3.63, 3.8) is 0 Å². The molecule has 2 bridgehead atoms. The van der Waals surface area contributed by atoms with Crippen LogP contribution in [0.4, 0.5) is 9.52 Å². The molecule has 4 aromatic rings. The van der Waals surface area contributed by atoms with Crippen molar-refractivity contribution in [1.82, 2.24) is 24.9 Å². The van der Waals surface area contributed by atoms with Crippen LogP contribution in [0, 0.1) is 24.1 Å². The van der Waals surface area contributed by atoms with Gasteiger partial charge in [0.05, 0.1) is 27.8 Å². The van der Waals surface area contributed by atoms with Crippen LogP contribution < -0.4 is 10.2 Å². The Balaban J connectivity index is 1.39. The third-order valence-corrected chi connectivity index (χ3v) is 7.79. The fourth-order valence-corrected chi connectivity index (χ4v) is 6.14. The zero-order valence-electron chi connectivity index (χ0n) is 17.8. The van der Waals surface area contributed by atoms with Crippen LogP contribution in [0.2, 0.25) is 0 Å². The molecular weight excluding hydrogens is 425 g/mol. The van der Waals surface area contributed by atoms with E-state index in [1.165, 1.54) is 30.2 Å². The minimum Gasteiger partial charge on any atom is -0.348 e. The normalized spacial score (nSPS) is 22.5. The molecule has 0 amide bonds. The Morgan fingerprint density at radius 1 is 1.22 bits per heavy atom. The number of nitriles is 1. The van der Waals surface area contributed by atoms with Crippen LogP contribution in [-0.4, -0.2) is 44.8 Å². The van der Waals surface area contributed by atoms with Gasteiger partial charge in [0.2, 0.25) is 0 Å². The third-order valence-electron chi connectivity index (χ3n) is 6.70. The number of hydrogen-bond donors (Lipinski definition) is 1. The Kier molecular flexibility index (Phi) is 4.42. The van der Waals surface area contributed by atoms with Crippen molar-refractivity contribution in [2.75, 3.05) is 11.9 Å². The van der Waals surface area contributed by atoms with E-state index < -0.39 is 0 Å². The summed E-state index contributed by atoms with van der Waals surface area (Å²) < 4.78 is 17.5. The first kappa shape index (κ1) is 19.6. The molecular formula is C23H22FN7S. The minimum absolute atomic E-state index is 0.374. The number of rotatable bonds is 3. The lowest BCUT2D eigenvalue weighted by Crippen LogP contribution is -2.47. The van der Waals surface area contributed by atoms with Gasteiger partial charge in [0.15, 0.2) is 16.6 Å². The smallest absolute Gasteiger partial charge is 0.186 e. The van der Waals surface area contributed by atoms with Gasteiger partial charge in [-0.05, 0) is 50.8 Å². The van der Waals surface area contributed by atoms with Crippen molar-refractivity contribution in [1.29, 1.82) is 5.26 Å². The summed E-state index contributed by atoms with van der Waals surface area (Å²) in [4.78, 5) is 11.2. The number of halogens is 1. The molecule has 2 aliphatic heterocycles. The molecule has 2 fully saturated rings.